The maximum absolute atomic E-state index is 15.0. The topological polar surface area (TPSA) is 100 Å². The van der Waals surface area contributed by atoms with Gasteiger partial charge in [-0.05, 0) is 76.1 Å². The van der Waals surface area contributed by atoms with E-state index in [0.29, 0.717) is 18.8 Å². The van der Waals surface area contributed by atoms with Crippen molar-refractivity contribution in [3.63, 3.8) is 0 Å². The molecule has 2 atom stereocenters. The summed E-state index contributed by atoms with van der Waals surface area (Å²) in [6.07, 6.45) is 9.88. The van der Waals surface area contributed by atoms with Crippen LogP contribution in [-0.4, -0.2) is 60.8 Å². The molecule has 5 aromatic rings. The van der Waals surface area contributed by atoms with Crippen LogP contribution in [0.4, 0.5) is 5.69 Å². The van der Waals surface area contributed by atoms with Crippen LogP contribution in [-0.2, 0) is 22.4 Å². The third-order valence-electron chi connectivity index (χ3n) is 10.9. The van der Waals surface area contributed by atoms with Crippen LogP contribution in [0.2, 0.25) is 0 Å². The summed E-state index contributed by atoms with van der Waals surface area (Å²) in [4.78, 5) is 33.3. The van der Waals surface area contributed by atoms with Gasteiger partial charge in [0.05, 0.1) is 22.6 Å². The Morgan fingerprint density at radius 3 is 2.35 bits per heavy atom. The molecule has 2 fully saturated rings. The van der Waals surface area contributed by atoms with Crippen LogP contribution < -0.4 is 4.90 Å². The van der Waals surface area contributed by atoms with Crippen molar-refractivity contribution in [2.75, 3.05) is 18.0 Å². The second-order valence-corrected chi connectivity index (χ2v) is 14.4. The molecule has 4 heterocycles. The number of anilines is 1. The van der Waals surface area contributed by atoms with E-state index in [9.17, 15) is 4.79 Å². The van der Waals surface area contributed by atoms with Gasteiger partial charge in [-0.2, -0.15) is 5.10 Å². The van der Waals surface area contributed by atoms with Crippen LogP contribution in [0.1, 0.15) is 97.2 Å². The first-order valence-corrected chi connectivity index (χ1v) is 18.1. The molecule has 9 nitrogen and oxygen atoms in total. The highest BCUT2D eigenvalue weighted by Gasteiger charge is 2.41. The molecule has 1 N–H and O–H groups in total. The molecule has 9 heteroatoms. The van der Waals surface area contributed by atoms with Gasteiger partial charge in [-0.1, -0.05) is 78.9 Å². The summed E-state index contributed by atoms with van der Waals surface area (Å²) in [6.45, 7) is 4.95. The lowest BCUT2D eigenvalue weighted by atomic mass is 9.88. The number of benzene rings is 3. The normalized spacial score (nSPS) is 19.9. The molecular weight excluding hydrogens is 610 g/mol. The minimum atomic E-state index is -0.663. The van der Waals surface area contributed by atoms with Crippen molar-refractivity contribution in [3.05, 3.63) is 101 Å². The van der Waals surface area contributed by atoms with E-state index >= 15 is 4.79 Å². The van der Waals surface area contributed by atoms with Gasteiger partial charge in [0.1, 0.15) is 18.3 Å². The van der Waals surface area contributed by atoms with E-state index < -0.39 is 5.92 Å². The number of rotatable bonds is 7. The number of carbonyl (C=O) groups is 2. The molecule has 1 aliphatic carbocycles. The molecule has 0 bridgehead atoms. The van der Waals surface area contributed by atoms with E-state index in [-0.39, 0.29) is 30.3 Å². The molecule has 0 spiro atoms. The number of nitrogens with zero attached hydrogens (tertiary/aromatic N) is 6. The van der Waals surface area contributed by atoms with Crippen molar-refractivity contribution >= 4 is 28.4 Å². The highest BCUT2D eigenvalue weighted by atomic mass is 16.2. The molecule has 252 valence electrons. The number of aromatic nitrogens is 5. The zero-order valence-electron chi connectivity index (χ0n) is 28.6. The highest BCUT2D eigenvalue weighted by molar-refractivity contribution is 6.04. The number of aryl methyl sites for hydroxylation is 2. The molecule has 2 aromatic heterocycles. The van der Waals surface area contributed by atoms with Gasteiger partial charge in [0.15, 0.2) is 5.82 Å². The lowest BCUT2D eigenvalue weighted by Crippen LogP contribution is -2.50. The number of hydrogen-bond donors (Lipinski definition) is 1. The van der Waals surface area contributed by atoms with E-state index in [1.807, 2.05) is 47.4 Å². The molecular formula is C40H45N7O2. The number of carbonyl (C=O) groups excluding carboxylic acids is 2. The third kappa shape index (κ3) is 6.04. The first kappa shape index (κ1) is 31.5. The maximum Gasteiger partial charge on any atom is 0.242 e. The van der Waals surface area contributed by atoms with Crippen LogP contribution in [0, 0.1) is 13.8 Å². The van der Waals surface area contributed by atoms with Crippen molar-refractivity contribution < 1.29 is 9.59 Å². The third-order valence-corrected chi connectivity index (χ3v) is 10.9. The summed E-state index contributed by atoms with van der Waals surface area (Å²) >= 11 is 0. The minimum absolute atomic E-state index is 0.00799. The molecule has 1 saturated carbocycles. The summed E-state index contributed by atoms with van der Waals surface area (Å²) < 4.78 is 2.15. The van der Waals surface area contributed by atoms with Crippen molar-refractivity contribution in [2.45, 2.75) is 95.9 Å². The number of para-hydroxylation sites is 3. The Kier molecular flexibility index (Phi) is 8.51. The van der Waals surface area contributed by atoms with Gasteiger partial charge in [-0.15, -0.1) is 10.2 Å². The Morgan fingerprint density at radius 2 is 1.53 bits per heavy atom. The van der Waals surface area contributed by atoms with Crippen molar-refractivity contribution in [1.82, 2.24) is 29.9 Å². The molecule has 8 rings (SSSR count). The van der Waals surface area contributed by atoms with Gasteiger partial charge in [0, 0.05) is 30.3 Å². The Balaban J connectivity index is 1.18. The fourth-order valence-electron chi connectivity index (χ4n) is 8.64. The monoisotopic (exact) mass is 655 g/mol. The number of piperidine rings is 1. The molecule has 49 heavy (non-hydrogen) atoms. The zero-order valence-corrected chi connectivity index (χ0v) is 28.6. The molecule has 3 aliphatic rings. The van der Waals surface area contributed by atoms with Crippen LogP contribution in [0.25, 0.3) is 16.6 Å². The summed E-state index contributed by atoms with van der Waals surface area (Å²) in [6, 6.07) is 22.8. The minimum Gasteiger partial charge on any atom is -0.338 e. The van der Waals surface area contributed by atoms with Gasteiger partial charge >= 0.3 is 0 Å². The van der Waals surface area contributed by atoms with Crippen LogP contribution in [0.15, 0.2) is 66.7 Å². The molecule has 2 amide bonds. The van der Waals surface area contributed by atoms with Crippen molar-refractivity contribution in [1.29, 1.82) is 0 Å². The molecule has 1 unspecified atom stereocenters. The molecule has 1 saturated heterocycles. The fraction of sp³-hybridized carbons (Fsp3) is 0.425. The average Bonchev–Trinajstić information content (AvgIpc) is 3.72. The molecule has 3 aromatic carbocycles. The first-order valence-electron chi connectivity index (χ1n) is 18.1. The van der Waals surface area contributed by atoms with E-state index in [1.165, 1.54) is 23.1 Å². The standard InChI is InChI=1S/C40H45N7O2/c1-26-20-27(2)22-28(21-26)23-30-14-10-11-19-45(30)37(48)25-46-35-17-8-9-18-36(35)47-38(29-12-4-3-5-13-29)43-44-39(47)32(40(46)49)24-34-31-15-6-7-16-33(31)41-42-34/h6-9,15-18,20-22,29-30,32H,3-5,10-14,19,23-25H2,1-2H3,(H,41,42)/t30-,32?/m1/s1. The number of aromatic amines is 1. The van der Waals surface area contributed by atoms with Crippen LogP contribution in [0.3, 0.4) is 0 Å². The van der Waals surface area contributed by atoms with E-state index in [2.05, 4.69) is 52.9 Å². The van der Waals surface area contributed by atoms with Crippen molar-refractivity contribution in [2.24, 2.45) is 0 Å². The summed E-state index contributed by atoms with van der Waals surface area (Å²) in [7, 11) is 0. The van der Waals surface area contributed by atoms with Crippen LogP contribution in [0.5, 0.6) is 0 Å². The summed E-state index contributed by atoms with van der Waals surface area (Å²) in [5, 5.41) is 18.4. The Labute approximate surface area is 287 Å². The first-order chi connectivity index (χ1) is 23.9. The lowest BCUT2D eigenvalue weighted by Gasteiger charge is -2.37. The Morgan fingerprint density at radius 1 is 0.816 bits per heavy atom. The van der Waals surface area contributed by atoms with E-state index in [4.69, 9.17) is 10.2 Å². The number of likely N-dealkylation sites (tertiary alicyclic amines) is 1. The SMILES string of the molecule is Cc1cc(C)cc(C[C@H]2CCCCN2C(=O)CN2C(=O)C(Cc3n[nH]c4ccccc34)c3nnc(C4CCCCC4)n3-c3ccccc32)c1. The summed E-state index contributed by atoms with van der Waals surface area (Å²) in [5.41, 5.74) is 7.08. The average molecular weight is 656 g/mol. The molecule has 0 radical (unpaired) electrons. The quantitative estimate of drug-likeness (QED) is 0.202. The maximum atomic E-state index is 15.0. The summed E-state index contributed by atoms with van der Waals surface area (Å²) in [5.74, 6) is 1.01. The smallest absolute Gasteiger partial charge is 0.242 e. The highest BCUT2D eigenvalue weighted by Crippen LogP contribution is 2.41. The number of H-pyrrole nitrogens is 1. The predicted molar refractivity (Wildman–Crippen MR) is 191 cm³/mol. The zero-order chi connectivity index (χ0) is 33.5. The number of hydrogen-bond acceptors (Lipinski definition) is 5. The predicted octanol–water partition coefficient (Wildman–Crippen LogP) is 7.10. The largest absolute Gasteiger partial charge is 0.338 e. The van der Waals surface area contributed by atoms with Gasteiger partial charge in [0.25, 0.3) is 0 Å². The van der Waals surface area contributed by atoms with Gasteiger partial charge < -0.3 is 9.80 Å². The Hall–Kier alpha value is -4.79. The number of amides is 2. The second kappa shape index (κ2) is 13.3. The number of fused-ring (bicyclic) bond motifs is 4. The van der Waals surface area contributed by atoms with E-state index in [1.54, 1.807) is 4.90 Å². The Bertz CT molecular complexity index is 1980. The van der Waals surface area contributed by atoms with Gasteiger partial charge in [0.2, 0.25) is 11.8 Å². The fourth-order valence-corrected chi connectivity index (χ4v) is 8.64. The second-order valence-electron chi connectivity index (χ2n) is 14.4. The van der Waals surface area contributed by atoms with Gasteiger partial charge in [-0.25, -0.2) is 0 Å². The van der Waals surface area contributed by atoms with E-state index in [0.717, 1.165) is 85.2 Å². The molecule has 2 aliphatic heterocycles. The van der Waals surface area contributed by atoms with Gasteiger partial charge in [-0.3, -0.25) is 19.3 Å². The number of nitrogens with one attached hydrogen (secondary N) is 1. The van der Waals surface area contributed by atoms with Crippen molar-refractivity contribution in [3.8, 4) is 5.69 Å². The lowest BCUT2D eigenvalue weighted by molar-refractivity contribution is -0.134. The van der Waals surface area contributed by atoms with Crippen LogP contribution >= 0.6 is 0 Å².